The molecule has 3 aliphatic rings. The van der Waals surface area contributed by atoms with Crippen LogP contribution in [-0.2, 0) is 9.59 Å². The number of thioether (sulfide) groups is 1. The minimum atomic E-state index is -0.235. The number of fused-ring (bicyclic) bond motifs is 1. The molecule has 0 N–H and O–H groups in total. The van der Waals surface area contributed by atoms with Crippen molar-refractivity contribution in [1.29, 1.82) is 0 Å². The highest BCUT2D eigenvalue weighted by atomic mass is 32.2. The molecule has 0 spiro atoms. The zero-order chi connectivity index (χ0) is 15.9. The fraction of sp³-hybridized carbons (Fsp3) is 0.875. The van der Waals surface area contributed by atoms with Gasteiger partial charge in [-0.3, -0.25) is 14.5 Å². The summed E-state index contributed by atoms with van der Waals surface area (Å²) in [7, 11) is 0. The molecule has 0 aromatic carbocycles. The van der Waals surface area contributed by atoms with E-state index in [0.29, 0.717) is 12.3 Å². The van der Waals surface area contributed by atoms with Crippen LogP contribution in [0.3, 0.4) is 0 Å². The normalized spacial score (nSPS) is 32.9. The molecule has 6 heteroatoms. The highest BCUT2D eigenvalue weighted by Gasteiger charge is 2.53. The summed E-state index contributed by atoms with van der Waals surface area (Å²) in [5.74, 6) is 1.74. The lowest BCUT2D eigenvalue weighted by atomic mass is 10.1. The van der Waals surface area contributed by atoms with Crippen molar-refractivity contribution in [1.82, 2.24) is 14.7 Å². The van der Waals surface area contributed by atoms with Gasteiger partial charge in [-0.15, -0.1) is 11.8 Å². The smallest absolute Gasteiger partial charge is 0.246 e. The van der Waals surface area contributed by atoms with Crippen molar-refractivity contribution < 1.29 is 9.59 Å². The Morgan fingerprint density at radius 3 is 2.64 bits per heavy atom. The fourth-order valence-electron chi connectivity index (χ4n) is 3.88. The van der Waals surface area contributed by atoms with E-state index in [9.17, 15) is 9.59 Å². The Morgan fingerprint density at radius 1 is 1.32 bits per heavy atom. The molecular formula is C16H27N3O2S. The van der Waals surface area contributed by atoms with E-state index in [0.717, 1.165) is 44.9 Å². The van der Waals surface area contributed by atoms with Crippen LogP contribution in [-0.4, -0.2) is 75.9 Å². The van der Waals surface area contributed by atoms with Crippen LogP contribution in [0.4, 0.5) is 0 Å². The molecule has 3 fully saturated rings. The number of carbonyl (C=O) groups excluding carboxylic acids is 2. The molecule has 22 heavy (non-hydrogen) atoms. The summed E-state index contributed by atoms with van der Waals surface area (Å²) in [6.45, 7) is 11.2. The van der Waals surface area contributed by atoms with Gasteiger partial charge in [-0.05, 0) is 19.3 Å². The zero-order valence-corrected chi connectivity index (χ0v) is 14.7. The molecule has 5 nitrogen and oxygen atoms in total. The summed E-state index contributed by atoms with van der Waals surface area (Å²) in [4.78, 5) is 31.2. The van der Waals surface area contributed by atoms with Gasteiger partial charge in [0.05, 0.1) is 4.87 Å². The van der Waals surface area contributed by atoms with Crippen molar-refractivity contribution in [3.05, 3.63) is 0 Å². The average molecular weight is 325 g/mol. The van der Waals surface area contributed by atoms with Crippen molar-refractivity contribution in [3.63, 3.8) is 0 Å². The molecule has 2 amide bonds. The van der Waals surface area contributed by atoms with Crippen LogP contribution in [0.15, 0.2) is 0 Å². The molecule has 2 atom stereocenters. The molecule has 2 unspecified atom stereocenters. The average Bonchev–Trinajstić information content (AvgIpc) is 2.96. The second-order valence-corrected chi connectivity index (χ2v) is 8.79. The first-order valence-corrected chi connectivity index (χ1v) is 9.36. The van der Waals surface area contributed by atoms with Gasteiger partial charge in [-0.25, -0.2) is 0 Å². The van der Waals surface area contributed by atoms with E-state index >= 15 is 0 Å². The van der Waals surface area contributed by atoms with E-state index in [-0.39, 0.29) is 22.7 Å². The van der Waals surface area contributed by atoms with Crippen molar-refractivity contribution in [2.75, 3.05) is 38.5 Å². The zero-order valence-electron chi connectivity index (χ0n) is 13.9. The molecule has 3 saturated heterocycles. The molecule has 3 aliphatic heterocycles. The molecule has 3 heterocycles. The van der Waals surface area contributed by atoms with Crippen molar-refractivity contribution in [2.24, 2.45) is 5.92 Å². The number of hydrogen-bond donors (Lipinski definition) is 0. The Morgan fingerprint density at radius 2 is 2.00 bits per heavy atom. The lowest BCUT2D eigenvalue weighted by Crippen LogP contribution is -2.56. The minimum absolute atomic E-state index is 0.142. The molecule has 0 aromatic rings. The van der Waals surface area contributed by atoms with Crippen molar-refractivity contribution in [3.8, 4) is 0 Å². The summed E-state index contributed by atoms with van der Waals surface area (Å²) in [5.41, 5.74) is 0. The summed E-state index contributed by atoms with van der Waals surface area (Å²) in [6.07, 6.45) is 1.47. The van der Waals surface area contributed by atoms with Gasteiger partial charge in [0.25, 0.3) is 0 Å². The quantitative estimate of drug-likeness (QED) is 0.783. The predicted molar refractivity (Wildman–Crippen MR) is 88.6 cm³/mol. The van der Waals surface area contributed by atoms with Gasteiger partial charge in [-0.2, -0.15) is 0 Å². The van der Waals surface area contributed by atoms with Gasteiger partial charge >= 0.3 is 0 Å². The molecule has 0 bridgehead atoms. The summed E-state index contributed by atoms with van der Waals surface area (Å²) < 4.78 is 0. The third kappa shape index (κ3) is 2.87. The van der Waals surface area contributed by atoms with Crippen LogP contribution in [0.5, 0.6) is 0 Å². The maximum atomic E-state index is 12.9. The van der Waals surface area contributed by atoms with E-state index in [4.69, 9.17) is 0 Å². The molecule has 0 radical (unpaired) electrons. The van der Waals surface area contributed by atoms with E-state index in [1.54, 1.807) is 11.8 Å². The maximum Gasteiger partial charge on any atom is 0.246 e. The molecule has 0 aromatic heterocycles. The van der Waals surface area contributed by atoms with E-state index in [1.165, 1.54) is 0 Å². The SMILES string of the molecule is CC(C)CN1CCN(C(=O)C2CSC3(C)CCC(=O)N23)CC1. The maximum absolute atomic E-state index is 12.9. The first-order valence-electron chi connectivity index (χ1n) is 8.38. The van der Waals surface area contributed by atoms with Gasteiger partial charge < -0.3 is 9.80 Å². The Labute approximate surface area is 137 Å². The van der Waals surface area contributed by atoms with Gasteiger partial charge in [0.15, 0.2) is 0 Å². The molecule has 0 aliphatic carbocycles. The van der Waals surface area contributed by atoms with Crippen LogP contribution < -0.4 is 0 Å². The number of nitrogens with zero attached hydrogens (tertiary/aromatic N) is 3. The highest BCUT2D eigenvalue weighted by molar-refractivity contribution is 8.01. The van der Waals surface area contributed by atoms with Gasteiger partial charge in [0.2, 0.25) is 11.8 Å². The van der Waals surface area contributed by atoms with Crippen molar-refractivity contribution in [2.45, 2.75) is 44.5 Å². The lowest BCUT2D eigenvalue weighted by molar-refractivity contribution is -0.144. The standard InChI is InChI=1S/C16H27N3O2S/c1-12(2)10-17-6-8-18(9-7-17)15(21)13-11-22-16(3)5-4-14(20)19(13)16/h12-13H,4-11H2,1-3H3. The predicted octanol–water partition coefficient (Wildman–Crippen LogP) is 1.24. The Hall–Kier alpha value is -0.750. The van der Waals surface area contributed by atoms with Gasteiger partial charge in [0, 0.05) is 44.9 Å². The van der Waals surface area contributed by atoms with Gasteiger partial charge in [-0.1, -0.05) is 13.8 Å². The second-order valence-electron chi connectivity index (χ2n) is 7.29. The first kappa shape index (κ1) is 16.1. The summed E-state index contributed by atoms with van der Waals surface area (Å²) >= 11 is 1.78. The number of hydrogen-bond acceptors (Lipinski definition) is 4. The monoisotopic (exact) mass is 325 g/mol. The van der Waals surface area contributed by atoms with E-state index in [2.05, 4.69) is 25.7 Å². The van der Waals surface area contributed by atoms with Crippen LogP contribution in [0.2, 0.25) is 0 Å². The fourth-order valence-corrected chi connectivity index (χ4v) is 5.30. The topological polar surface area (TPSA) is 43.9 Å². The molecule has 0 saturated carbocycles. The molecule has 124 valence electrons. The van der Waals surface area contributed by atoms with Crippen LogP contribution in [0.25, 0.3) is 0 Å². The number of amides is 2. The number of piperazine rings is 1. The largest absolute Gasteiger partial charge is 0.338 e. The Balaban J connectivity index is 1.60. The van der Waals surface area contributed by atoms with Crippen LogP contribution in [0, 0.1) is 5.92 Å². The van der Waals surface area contributed by atoms with Crippen LogP contribution in [0.1, 0.15) is 33.6 Å². The molecule has 3 rings (SSSR count). The van der Waals surface area contributed by atoms with E-state index < -0.39 is 0 Å². The third-order valence-electron chi connectivity index (χ3n) is 5.04. The minimum Gasteiger partial charge on any atom is -0.338 e. The third-order valence-corrected chi connectivity index (χ3v) is 6.54. The second kappa shape index (κ2) is 6.04. The van der Waals surface area contributed by atoms with Gasteiger partial charge in [0.1, 0.15) is 6.04 Å². The van der Waals surface area contributed by atoms with Crippen LogP contribution >= 0.6 is 11.8 Å². The summed E-state index contributed by atoms with van der Waals surface area (Å²) in [5, 5.41) is 0. The Bertz CT molecular complexity index is 462. The lowest BCUT2D eigenvalue weighted by Gasteiger charge is -2.38. The highest BCUT2D eigenvalue weighted by Crippen LogP contribution is 2.47. The number of rotatable bonds is 3. The molecular weight excluding hydrogens is 298 g/mol. The first-order chi connectivity index (χ1) is 10.4. The van der Waals surface area contributed by atoms with Crippen molar-refractivity contribution >= 4 is 23.6 Å². The van der Waals surface area contributed by atoms with E-state index in [1.807, 2.05) is 9.80 Å². The Kier molecular flexibility index (Phi) is 4.42. The number of carbonyl (C=O) groups is 2. The summed E-state index contributed by atoms with van der Waals surface area (Å²) in [6, 6.07) is -0.235.